The van der Waals surface area contributed by atoms with E-state index in [9.17, 15) is 9.59 Å². The van der Waals surface area contributed by atoms with Crippen LogP contribution in [0.15, 0.2) is 0 Å². The lowest BCUT2D eigenvalue weighted by molar-refractivity contribution is -0.361. The van der Waals surface area contributed by atoms with Gasteiger partial charge in [0, 0.05) is 27.3 Å². The van der Waals surface area contributed by atoms with E-state index in [4.69, 9.17) is 28.4 Å². The molecule has 0 saturated heterocycles. The second-order valence-corrected chi connectivity index (χ2v) is 8.40. The van der Waals surface area contributed by atoms with Crippen LogP contribution in [0, 0.1) is 0 Å². The molecule has 0 atom stereocenters. The molecule has 0 aromatic rings. The molecule has 0 amide bonds. The van der Waals surface area contributed by atoms with Gasteiger partial charge in [-0.25, -0.2) is 0 Å². The molecule has 29 heavy (non-hydrogen) atoms. The largest absolute Gasteiger partial charge is 0.460 e. The van der Waals surface area contributed by atoms with Crippen molar-refractivity contribution in [3.8, 4) is 0 Å². The molecule has 0 fully saturated rings. The average molecular weight is 422 g/mol. The van der Waals surface area contributed by atoms with Gasteiger partial charge in [0.1, 0.15) is 17.6 Å². The third-order valence-corrected chi connectivity index (χ3v) is 3.30. The molecule has 0 rings (SSSR count). The number of hydrogen-bond acceptors (Lipinski definition) is 9. The van der Waals surface area contributed by atoms with Crippen LogP contribution in [0.3, 0.4) is 0 Å². The van der Waals surface area contributed by atoms with Crippen LogP contribution in [0.1, 0.15) is 54.4 Å². The highest BCUT2D eigenvalue weighted by molar-refractivity contribution is 5.70. The Bertz CT molecular complexity index is 478. The molecule has 0 bridgehead atoms. The van der Waals surface area contributed by atoms with E-state index in [0.717, 1.165) is 0 Å². The van der Waals surface area contributed by atoms with Gasteiger partial charge < -0.3 is 33.7 Å². The molecule has 0 aliphatic carbocycles. The maximum atomic E-state index is 12.0. The number of carbonyl (C=O) groups is 2. The maximum Gasteiger partial charge on any atom is 0.314 e. The first-order chi connectivity index (χ1) is 13.3. The van der Waals surface area contributed by atoms with E-state index in [-0.39, 0.29) is 25.4 Å². The lowest BCUT2D eigenvalue weighted by Crippen LogP contribution is -2.42. The number of carbonyl (C=O) groups excluding carboxylic acids is 2. The fourth-order valence-corrected chi connectivity index (χ4v) is 2.15. The zero-order valence-electron chi connectivity index (χ0n) is 19.2. The summed E-state index contributed by atoms with van der Waals surface area (Å²) in [7, 11) is 2.81. The minimum Gasteiger partial charge on any atom is -0.460 e. The van der Waals surface area contributed by atoms with Gasteiger partial charge >= 0.3 is 11.9 Å². The highest BCUT2D eigenvalue weighted by Crippen LogP contribution is 2.21. The highest BCUT2D eigenvalue weighted by Gasteiger charge is 2.36. The summed E-state index contributed by atoms with van der Waals surface area (Å²) in [5.74, 6) is -2.25. The van der Waals surface area contributed by atoms with Gasteiger partial charge in [0.05, 0.1) is 26.2 Å². The number of methoxy groups -OCH3 is 2. The minimum atomic E-state index is -1.49. The van der Waals surface area contributed by atoms with Gasteiger partial charge in [0.15, 0.2) is 0 Å². The first kappa shape index (κ1) is 27.7. The van der Waals surface area contributed by atoms with Crippen molar-refractivity contribution in [3.05, 3.63) is 0 Å². The normalized spacial score (nSPS) is 12.7. The summed E-state index contributed by atoms with van der Waals surface area (Å²) in [6.07, 6.45) is 0.0281. The van der Waals surface area contributed by atoms with Gasteiger partial charge in [-0.05, 0) is 41.5 Å². The summed E-state index contributed by atoms with van der Waals surface area (Å²) >= 11 is 0. The van der Waals surface area contributed by atoms with Gasteiger partial charge in [-0.3, -0.25) is 9.59 Å². The predicted octanol–water partition coefficient (Wildman–Crippen LogP) is 2.02. The first-order valence-electron chi connectivity index (χ1n) is 9.79. The number of rotatable bonds is 14. The second kappa shape index (κ2) is 13.1. The predicted molar refractivity (Wildman–Crippen MR) is 107 cm³/mol. The van der Waals surface area contributed by atoms with E-state index in [1.54, 1.807) is 20.8 Å². The van der Waals surface area contributed by atoms with Crippen LogP contribution in [0.5, 0.6) is 0 Å². The quantitative estimate of drug-likeness (QED) is 0.256. The van der Waals surface area contributed by atoms with Gasteiger partial charge in [-0.2, -0.15) is 0 Å². The number of ether oxygens (including phenoxy) is 6. The number of nitrogens with one attached hydrogen (secondary N) is 1. The Morgan fingerprint density at radius 2 is 1.28 bits per heavy atom. The molecule has 0 saturated carbocycles. The molecule has 0 heterocycles. The molecule has 0 spiro atoms. The van der Waals surface area contributed by atoms with Crippen LogP contribution in [0.2, 0.25) is 0 Å². The van der Waals surface area contributed by atoms with Crippen molar-refractivity contribution in [1.82, 2.24) is 5.32 Å². The van der Waals surface area contributed by atoms with Gasteiger partial charge in [0.25, 0.3) is 5.97 Å². The van der Waals surface area contributed by atoms with Crippen molar-refractivity contribution in [3.63, 3.8) is 0 Å². The van der Waals surface area contributed by atoms with E-state index in [1.807, 2.05) is 20.8 Å². The van der Waals surface area contributed by atoms with E-state index < -0.39 is 23.1 Å². The fraction of sp³-hybridized carbons (Fsp3) is 0.900. The average Bonchev–Trinajstić information content (AvgIpc) is 2.56. The fourth-order valence-electron chi connectivity index (χ4n) is 2.15. The molecule has 0 aromatic carbocycles. The Labute approximate surface area is 174 Å². The molecule has 9 heteroatoms. The molecule has 0 unspecified atom stereocenters. The van der Waals surface area contributed by atoms with Crippen LogP contribution in [-0.4, -0.2) is 76.2 Å². The molecule has 1 N–H and O–H groups in total. The molecule has 0 aliphatic rings. The molecular weight excluding hydrogens is 382 g/mol. The smallest absolute Gasteiger partial charge is 0.314 e. The summed E-state index contributed by atoms with van der Waals surface area (Å²) in [6, 6.07) is 0. The SMILES string of the molecule is COC(CC(=O)OC(C)(C)C)(OC)OCCNCCOCCC(=O)OC(C)(C)C. The Morgan fingerprint density at radius 1 is 0.759 bits per heavy atom. The standard InChI is InChI=1S/C20H39NO8/c1-18(2,3)28-16(22)9-12-26-13-10-21-11-14-27-20(24-7,25-8)15-17(23)29-19(4,5)6/h21H,9-15H2,1-8H3. The Balaban J connectivity index is 3.97. The zero-order chi connectivity index (χ0) is 22.6. The van der Waals surface area contributed by atoms with E-state index >= 15 is 0 Å². The lowest BCUT2D eigenvalue weighted by Gasteiger charge is -2.30. The molecule has 0 aliphatic heterocycles. The van der Waals surface area contributed by atoms with E-state index in [0.29, 0.717) is 26.3 Å². The number of esters is 2. The Kier molecular flexibility index (Phi) is 12.6. The monoisotopic (exact) mass is 421 g/mol. The van der Waals surface area contributed by atoms with Crippen molar-refractivity contribution in [2.45, 2.75) is 71.6 Å². The zero-order valence-corrected chi connectivity index (χ0v) is 19.2. The third-order valence-electron chi connectivity index (χ3n) is 3.30. The summed E-state index contributed by atoms with van der Waals surface area (Å²) in [5, 5.41) is 3.13. The lowest BCUT2D eigenvalue weighted by atomic mass is 10.2. The molecule has 0 aromatic heterocycles. The van der Waals surface area contributed by atoms with Gasteiger partial charge in [-0.15, -0.1) is 0 Å². The van der Waals surface area contributed by atoms with Crippen molar-refractivity contribution in [2.24, 2.45) is 0 Å². The van der Waals surface area contributed by atoms with Gasteiger partial charge in [-0.1, -0.05) is 0 Å². The van der Waals surface area contributed by atoms with Gasteiger partial charge in [0.2, 0.25) is 0 Å². The number of hydrogen-bond donors (Lipinski definition) is 1. The van der Waals surface area contributed by atoms with Crippen LogP contribution in [0.25, 0.3) is 0 Å². The summed E-state index contributed by atoms with van der Waals surface area (Å²) in [5.41, 5.74) is -1.09. The van der Waals surface area contributed by atoms with Crippen LogP contribution in [-0.2, 0) is 38.0 Å². The van der Waals surface area contributed by atoms with Crippen molar-refractivity contribution in [1.29, 1.82) is 0 Å². The second-order valence-electron chi connectivity index (χ2n) is 8.40. The van der Waals surface area contributed by atoms with Crippen molar-refractivity contribution >= 4 is 11.9 Å². The summed E-state index contributed by atoms with van der Waals surface area (Å²) in [6.45, 7) is 12.9. The van der Waals surface area contributed by atoms with E-state index in [1.165, 1.54) is 14.2 Å². The maximum absolute atomic E-state index is 12.0. The minimum absolute atomic E-state index is 0.189. The molecular formula is C20H39NO8. The van der Waals surface area contributed by atoms with Crippen molar-refractivity contribution < 1.29 is 38.0 Å². The summed E-state index contributed by atoms with van der Waals surface area (Å²) < 4.78 is 32.0. The molecule has 9 nitrogen and oxygen atoms in total. The highest BCUT2D eigenvalue weighted by atomic mass is 16.9. The Hall–Kier alpha value is -1.26. The van der Waals surface area contributed by atoms with Crippen LogP contribution in [0.4, 0.5) is 0 Å². The first-order valence-corrected chi connectivity index (χ1v) is 9.79. The van der Waals surface area contributed by atoms with Crippen molar-refractivity contribution in [2.75, 3.05) is 47.1 Å². The topological polar surface area (TPSA) is 102 Å². The Morgan fingerprint density at radius 3 is 1.79 bits per heavy atom. The third kappa shape index (κ3) is 15.3. The summed E-state index contributed by atoms with van der Waals surface area (Å²) in [4.78, 5) is 23.6. The molecule has 172 valence electrons. The van der Waals surface area contributed by atoms with Crippen LogP contribution < -0.4 is 5.32 Å². The van der Waals surface area contributed by atoms with Crippen LogP contribution >= 0.6 is 0 Å². The van der Waals surface area contributed by atoms with E-state index in [2.05, 4.69) is 5.32 Å². The molecule has 0 radical (unpaired) electrons.